The molecule has 0 aromatic carbocycles. The fourth-order valence-electron chi connectivity index (χ4n) is 0.223. The van der Waals surface area contributed by atoms with Gasteiger partial charge in [0.2, 0.25) is 0 Å². The molecule has 0 saturated carbocycles. The molecule has 0 atom stereocenters. The van der Waals surface area contributed by atoms with E-state index >= 15 is 0 Å². The Balaban J connectivity index is 2.91. The third kappa shape index (κ3) is 9.66. The second-order valence-electron chi connectivity index (χ2n) is 1.27. The Morgan fingerprint density at radius 2 is 2.00 bits per heavy atom. The van der Waals surface area contributed by atoms with E-state index in [0.717, 1.165) is 6.42 Å². The Bertz CT molecular complexity index is 62.1. The predicted octanol–water partition coefficient (Wildman–Crippen LogP) is 0.478. The van der Waals surface area contributed by atoms with Gasteiger partial charge < -0.3 is 0 Å². The van der Waals surface area contributed by atoms with Gasteiger partial charge in [-0.2, -0.15) is 0 Å². The molecule has 0 aliphatic heterocycles. The van der Waals surface area contributed by atoms with Crippen molar-refractivity contribution in [3.05, 3.63) is 0 Å². The van der Waals surface area contributed by atoms with Gasteiger partial charge in [-0.05, 0) is 0 Å². The number of rotatable bonds is 4. The van der Waals surface area contributed by atoms with Crippen LogP contribution >= 0.6 is 31.9 Å². The minimum absolute atomic E-state index is 0.199. The van der Waals surface area contributed by atoms with Gasteiger partial charge in [0.1, 0.15) is 0 Å². The van der Waals surface area contributed by atoms with Crippen molar-refractivity contribution in [2.24, 2.45) is 0 Å². The van der Waals surface area contributed by atoms with E-state index in [2.05, 4.69) is 34.9 Å². The SMILES string of the molecule is [OH][Sb]([OH])[O]CCC(Br)Br. The summed E-state index contributed by atoms with van der Waals surface area (Å²) in [6, 6.07) is 0. The molecule has 56 valence electrons. The summed E-state index contributed by atoms with van der Waals surface area (Å²) in [5.74, 6) is 0. The molecule has 6 heteroatoms. The zero-order valence-electron chi connectivity index (χ0n) is 4.50. The molecule has 0 saturated heterocycles. The average Bonchev–Trinajstić information content (AvgIpc) is 1.63. The normalized spacial score (nSPS) is 11.3. The second kappa shape index (κ2) is 6.37. The molecule has 0 aliphatic rings. The van der Waals surface area contributed by atoms with Crippen molar-refractivity contribution in [1.82, 2.24) is 0 Å². The van der Waals surface area contributed by atoms with Crippen molar-refractivity contribution in [1.29, 1.82) is 0 Å². The molecule has 2 N–H and O–H groups in total. The Morgan fingerprint density at radius 1 is 1.44 bits per heavy atom. The molecule has 0 amide bonds. The van der Waals surface area contributed by atoms with Crippen LogP contribution in [0.5, 0.6) is 0 Å². The van der Waals surface area contributed by atoms with E-state index in [1.54, 1.807) is 0 Å². The van der Waals surface area contributed by atoms with Crippen LogP contribution in [0, 0.1) is 0 Å². The molecular formula is C3H7Br2O3Sb. The molecule has 0 bridgehead atoms. The Morgan fingerprint density at radius 3 is 2.33 bits per heavy atom. The van der Waals surface area contributed by atoms with E-state index in [-0.39, 0.29) is 3.74 Å². The number of hydrogen-bond donors (Lipinski definition) is 2. The van der Waals surface area contributed by atoms with Gasteiger partial charge in [-0.1, -0.05) is 0 Å². The van der Waals surface area contributed by atoms with Crippen molar-refractivity contribution < 1.29 is 9.79 Å². The molecular weight excluding hydrogens is 366 g/mol. The fraction of sp³-hybridized carbons (Fsp3) is 1.00. The van der Waals surface area contributed by atoms with Gasteiger partial charge in [0.05, 0.1) is 0 Å². The number of hydrogen-bond acceptors (Lipinski definition) is 3. The molecule has 0 rings (SSSR count). The van der Waals surface area contributed by atoms with Crippen molar-refractivity contribution >= 4 is 53.3 Å². The first-order valence-electron chi connectivity index (χ1n) is 2.22. The zero-order chi connectivity index (χ0) is 7.28. The molecule has 0 aliphatic carbocycles. The monoisotopic (exact) mass is 370 g/mol. The van der Waals surface area contributed by atoms with Crippen LogP contribution in [0.25, 0.3) is 0 Å². The van der Waals surface area contributed by atoms with Crippen molar-refractivity contribution in [2.45, 2.75) is 10.2 Å². The summed E-state index contributed by atoms with van der Waals surface area (Å²) in [5, 5.41) is 0. The molecule has 0 spiro atoms. The van der Waals surface area contributed by atoms with E-state index in [0.29, 0.717) is 6.61 Å². The molecule has 9 heavy (non-hydrogen) atoms. The summed E-state index contributed by atoms with van der Waals surface area (Å²) in [6.45, 7) is 0.400. The maximum atomic E-state index is 8.35. The quantitative estimate of drug-likeness (QED) is 0.557. The van der Waals surface area contributed by atoms with E-state index in [4.69, 9.17) is 6.77 Å². The van der Waals surface area contributed by atoms with Crippen LogP contribution in [-0.2, 0) is 3.02 Å². The first-order valence-corrected chi connectivity index (χ1v) is 7.37. The third-order valence-electron chi connectivity index (χ3n) is 0.543. The van der Waals surface area contributed by atoms with Crippen molar-refractivity contribution in [3.63, 3.8) is 0 Å². The van der Waals surface area contributed by atoms with E-state index in [1.807, 2.05) is 0 Å². The molecule has 3 nitrogen and oxygen atoms in total. The van der Waals surface area contributed by atoms with Crippen LogP contribution in [0.4, 0.5) is 0 Å². The number of halogens is 2. The zero-order valence-corrected chi connectivity index (χ0v) is 10.2. The second-order valence-corrected chi connectivity index (χ2v) is 6.88. The van der Waals surface area contributed by atoms with Crippen LogP contribution < -0.4 is 0 Å². The molecule has 0 heterocycles. The summed E-state index contributed by atoms with van der Waals surface area (Å²) in [5.41, 5.74) is 0. The first kappa shape index (κ1) is 10.7. The van der Waals surface area contributed by atoms with Gasteiger partial charge in [0, 0.05) is 0 Å². The van der Waals surface area contributed by atoms with Gasteiger partial charge in [-0.25, -0.2) is 0 Å². The molecule has 0 aromatic rings. The topological polar surface area (TPSA) is 49.7 Å². The number of alkyl halides is 2. The summed E-state index contributed by atoms with van der Waals surface area (Å²) in [4.78, 5) is 0. The van der Waals surface area contributed by atoms with Gasteiger partial charge in [-0.3, -0.25) is 0 Å². The van der Waals surface area contributed by atoms with Crippen LogP contribution in [0.2, 0.25) is 0 Å². The van der Waals surface area contributed by atoms with E-state index in [1.165, 1.54) is 0 Å². The van der Waals surface area contributed by atoms with Gasteiger partial charge in [-0.15, -0.1) is 0 Å². The molecule has 0 fully saturated rings. The summed E-state index contributed by atoms with van der Waals surface area (Å²) in [7, 11) is 0. The van der Waals surface area contributed by atoms with Crippen molar-refractivity contribution in [3.8, 4) is 0 Å². The van der Waals surface area contributed by atoms with Gasteiger partial charge in [0.25, 0.3) is 0 Å². The van der Waals surface area contributed by atoms with E-state index < -0.39 is 21.5 Å². The molecule has 0 radical (unpaired) electrons. The molecule has 0 aromatic heterocycles. The van der Waals surface area contributed by atoms with Crippen molar-refractivity contribution in [2.75, 3.05) is 6.61 Å². The first-order chi connectivity index (χ1) is 4.13. The summed E-state index contributed by atoms with van der Waals surface area (Å²) < 4.78 is 21.5. The van der Waals surface area contributed by atoms with Gasteiger partial charge in [0.15, 0.2) is 0 Å². The standard InChI is InChI=1S/C3H5Br2O.2H2O.Sb/c4-3(5)1-2-6;;;/h3H,1-2H2;2*1H2;/q-1;;;+3/p-2. The minimum atomic E-state index is -3.13. The van der Waals surface area contributed by atoms with Crippen LogP contribution in [-0.4, -0.2) is 38.6 Å². The van der Waals surface area contributed by atoms with Crippen LogP contribution in [0.1, 0.15) is 6.42 Å². The van der Waals surface area contributed by atoms with Gasteiger partial charge >= 0.3 is 79.9 Å². The average molecular weight is 373 g/mol. The van der Waals surface area contributed by atoms with E-state index in [9.17, 15) is 0 Å². The Labute approximate surface area is 79.3 Å². The van der Waals surface area contributed by atoms with Crippen LogP contribution in [0.15, 0.2) is 0 Å². The molecule has 0 unspecified atom stereocenters. The third-order valence-corrected chi connectivity index (χ3v) is 2.64. The Kier molecular flexibility index (Phi) is 7.55. The van der Waals surface area contributed by atoms with Crippen LogP contribution in [0.3, 0.4) is 0 Å². The fourth-order valence-corrected chi connectivity index (χ4v) is 1.36. The summed E-state index contributed by atoms with van der Waals surface area (Å²) in [6.07, 6.45) is 0.738. The summed E-state index contributed by atoms with van der Waals surface area (Å²) >= 11 is 3.31. The maximum absolute atomic E-state index is 8.35. The predicted molar refractivity (Wildman–Crippen MR) is 42.4 cm³/mol. The Hall–Kier alpha value is 1.66.